The summed E-state index contributed by atoms with van der Waals surface area (Å²) in [5.74, 6) is 2.91. The van der Waals surface area contributed by atoms with Crippen LogP contribution in [0.1, 0.15) is 0 Å². The molecule has 0 saturated carbocycles. The number of rotatable bonds is 4. The highest BCUT2D eigenvalue weighted by atomic mass is 15.3. The van der Waals surface area contributed by atoms with Gasteiger partial charge in [-0.2, -0.15) is 5.10 Å². The molecule has 0 amide bonds. The molecule has 0 aromatic carbocycles. The molecule has 2 aromatic rings. The molecule has 0 saturated heterocycles. The fourth-order valence-electron chi connectivity index (χ4n) is 1.45. The van der Waals surface area contributed by atoms with Gasteiger partial charge in [-0.15, -0.1) is 6.42 Å². The predicted molar refractivity (Wildman–Crippen MR) is 56.8 cm³/mol. The zero-order valence-corrected chi connectivity index (χ0v) is 8.32. The first kappa shape index (κ1) is 9.53. The lowest BCUT2D eigenvalue weighted by atomic mass is 10.1. The van der Waals surface area contributed by atoms with Gasteiger partial charge in [0.1, 0.15) is 0 Å². The van der Waals surface area contributed by atoms with Gasteiger partial charge >= 0.3 is 0 Å². The molecule has 0 N–H and O–H groups in total. The Morgan fingerprint density at radius 3 is 2.80 bits per heavy atom. The van der Waals surface area contributed by atoms with Crippen molar-refractivity contribution in [2.75, 3.05) is 0 Å². The van der Waals surface area contributed by atoms with Crippen LogP contribution in [-0.2, 0) is 13.1 Å². The Hall–Kier alpha value is -2.02. The van der Waals surface area contributed by atoms with Crippen LogP contribution < -0.4 is 0 Å². The Bertz CT molecular complexity index is 385. The van der Waals surface area contributed by atoms with E-state index < -0.39 is 0 Å². The van der Waals surface area contributed by atoms with Crippen molar-refractivity contribution in [3.63, 3.8) is 0 Å². The highest BCUT2D eigenvalue weighted by molar-refractivity contribution is 4.94. The minimum atomic E-state index is 0.138. The molecule has 4 nitrogen and oxygen atoms in total. The lowest BCUT2D eigenvalue weighted by molar-refractivity contribution is 0.445. The van der Waals surface area contributed by atoms with Crippen LogP contribution in [0.15, 0.2) is 37.2 Å². The lowest BCUT2D eigenvalue weighted by Crippen LogP contribution is -2.15. The maximum Gasteiger partial charge on any atom is 0.0946 e. The Labute approximate surface area is 88.6 Å². The van der Waals surface area contributed by atoms with E-state index >= 15 is 0 Å². The third kappa shape index (κ3) is 2.47. The van der Waals surface area contributed by atoms with Gasteiger partial charge in [-0.25, -0.2) is 4.98 Å². The van der Waals surface area contributed by atoms with E-state index in [0.717, 1.165) is 13.1 Å². The molecule has 0 aliphatic heterocycles. The SMILES string of the molecule is C#CC(Cn1ccnc1)Cn1cccn1. The number of terminal acetylenes is 1. The average molecular weight is 200 g/mol. The molecule has 0 spiro atoms. The van der Waals surface area contributed by atoms with Crippen molar-refractivity contribution in [3.05, 3.63) is 37.2 Å². The summed E-state index contributed by atoms with van der Waals surface area (Å²) in [7, 11) is 0. The minimum absolute atomic E-state index is 0.138. The Balaban J connectivity index is 1.97. The number of nitrogens with zero attached hydrogens (tertiary/aromatic N) is 4. The first-order chi connectivity index (χ1) is 7.38. The van der Waals surface area contributed by atoms with Crippen LogP contribution in [-0.4, -0.2) is 19.3 Å². The highest BCUT2D eigenvalue weighted by Crippen LogP contribution is 2.03. The second kappa shape index (κ2) is 4.47. The summed E-state index contributed by atoms with van der Waals surface area (Å²) in [5, 5.41) is 4.13. The van der Waals surface area contributed by atoms with Gasteiger partial charge in [0.25, 0.3) is 0 Å². The van der Waals surface area contributed by atoms with E-state index in [2.05, 4.69) is 16.0 Å². The summed E-state index contributed by atoms with van der Waals surface area (Å²) in [6, 6.07) is 1.89. The van der Waals surface area contributed by atoms with E-state index in [1.54, 1.807) is 18.7 Å². The second-order valence-corrected chi connectivity index (χ2v) is 3.35. The zero-order chi connectivity index (χ0) is 10.5. The standard InChI is InChI=1S/C11H12N4/c1-2-11(8-14-7-5-12-10-14)9-15-6-3-4-13-15/h1,3-7,10-11H,8-9H2. The number of hydrogen-bond acceptors (Lipinski definition) is 2. The van der Waals surface area contributed by atoms with Crippen LogP contribution in [0.3, 0.4) is 0 Å². The van der Waals surface area contributed by atoms with Gasteiger partial charge in [0.2, 0.25) is 0 Å². The molecular weight excluding hydrogens is 188 g/mol. The van der Waals surface area contributed by atoms with E-state index in [-0.39, 0.29) is 5.92 Å². The van der Waals surface area contributed by atoms with Crippen molar-refractivity contribution in [1.82, 2.24) is 19.3 Å². The molecule has 0 radical (unpaired) electrons. The fraction of sp³-hybridized carbons (Fsp3) is 0.273. The molecule has 2 rings (SSSR count). The van der Waals surface area contributed by atoms with E-state index in [1.807, 2.05) is 27.7 Å². The molecular formula is C11H12N4. The van der Waals surface area contributed by atoms with E-state index in [4.69, 9.17) is 6.42 Å². The molecule has 0 aliphatic carbocycles. The van der Waals surface area contributed by atoms with Gasteiger partial charge in [0.05, 0.1) is 18.8 Å². The summed E-state index contributed by atoms with van der Waals surface area (Å²) in [4.78, 5) is 3.98. The first-order valence-electron chi connectivity index (χ1n) is 4.78. The minimum Gasteiger partial charge on any atom is -0.336 e. The highest BCUT2D eigenvalue weighted by Gasteiger charge is 2.06. The van der Waals surface area contributed by atoms with Crippen LogP contribution in [0.25, 0.3) is 0 Å². The van der Waals surface area contributed by atoms with E-state index in [9.17, 15) is 0 Å². The quantitative estimate of drug-likeness (QED) is 0.691. The maximum atomic E-state index is 5.48. The van der Waals surface area contributed by atoms with Crippen LogP contribution in [0.5, 0.6) is 0 Å². The molecule has 4 heteroatoms. The number of aromatic nitrogens is 4. The Morgan fingerprint density at radius 1 is 1.27 bits per heavy atom. The van der Waals surface area contributed by atoms with E-state index in [0.29, 0.717) is 0 Å². The van der Waals surface area contributed by atoms with Crippen LogP contribution in [0.2, 0.25) is 0 Å². The van der Waals surface area contributed by atoms with Crippen molar-refractivity contribution in [2.45, 2.75) is 13.1 Å². The van der Waals surface area contributed by atoms with Gasteiger partial charge in [-0.05, 0) is 6.07 Å². The molecule has 0 aliphatic rings. The van der Waals surface area contributed by atoms with E-state index in [1.165, 1.54) is 0 Å². The van der Waals surface area contributed by atoms with Crippen LogP contribution in [0.4, 0.5) is 0 Å². The summed E-state index contributed by atoms with van der Waals surface area (Å²) in [6.07, 6.45) is 14.6. The molecule has 0 fully saturated rings. The Morgan fingerprint density at radius 2 is 2.20 bits per heavy atom. The Kier molecular flexibility index (Phi) is 2.84. The summed E-state index contributed by atoms with van der Waals surface area (Å²) >= 11 is 0. The van der Waals surface area contributed by atoms with Gasteiger partial charge < -0.3 is 4.57 Å². The second-order valence-electron chi connectivity index (χ2n) is 3.35. The number of imidazole rings is 1. The van der Waals surface area contributed by atoms with Gasteiger partial charge in [0.15, 0.2) is 0 Å². The molecule has 1 unspecified atom stereocenters. The fourth-order valence-corrected chi connectivity index (χ4v) is 1.45. The third-order valence-electron chi connectivity index (χ3n) is 2.19. The molecule has 2 aromatic heterocycles. The van der Waals surface area contributed by atoms with Crippen molar-refractivity contribution < 1.29 is 0 Å². The topological polar surface area (TPSA) is 35.6 Å². The maximum absolute atomic E-state index is 5.48. The predicted octanol–water partition coefficient (Wildman–Crippen LogP) is 1.03. The molecule has 15 heavy (non-hydrogen) atoms. The third-order valence-corrected chi connectivity index (χ3v) is 2.19. The monoisotopic (exact) mass is 200 g/mol. The first-order valence-corrected chi connectivity index (χ1v) is 4.78. The molecule has 0 bridgehead atoms. The summed E-state index contributed by atoms with van der Waals surface area (Å²) < 4.78 is 3.83. The molecule has 1 atom stereocenters. The summed E-state index contributed by atoms with van der Waals surface area (Å²) in [5.41, 5.74) is 0. The largest absolute Gasteiger partial charge is 0.336 e. The van der Waals surface area contributed by atoms with Crippen LogP contribution in [0, 0.1) is 18.3 Å². The van der Waals surface area contributed by atoms with Gasteiger partial charge in [0, 0.05) is 31.3 Å². The van der Waals surface area contributed by atoms with Crippen molar-refractivity contribution >= 4 is 0 Å². The average Bonchev–Trinajstić information content (AvgIpc) is 2.89. The summed E-state index contributed by atoms with van der Waals surface area (Å²) in [6.45, 7) is 1.51. The van der Waals surface area contributed by atoms with Crippen molar-refractivity contribution in [1.29, 1.82) is 0 Å². The number of hydrogen-bond donors (Lipinski definition) is 0. The smallest absolute Gasteiger partial charge is 0.0946 e. The van der Waals surface area contributed by atoms with Crippen molar-refractivity contribution in [2.24, 2.45) is 5.92 Å². The normalized spacial score (nSPS) is 12.2. The van der Waals surface area contributed by atoms with Gasteiger partial charge in [-0.3, -0.25) is 4.68 Å². The lowest BCUT2D eigenvalue weighted by Gasteiger charge is -2.11. The van der Waals surface area contributed by atoms with Crippen LogP contribution >= 0.6 is 0 Å². The molecule has 76 valence electrons. The van der Waals surface area contributed by atoms with Gasteiger partial charge in [-0.1, -0.05) is 5.92 Å². The van der Waals surface area contributed by atoms with Crippen molar-refractivity contribution in [3.8, 4) is 12.3 Å². The molecule has 2 heterocycles. The zero-order valence-electron chi connectivity index (χ0n) is 8.32.